The van der Waals surface area contributed by atoms with Gasteiger partial charge in [0.25, 0.3) is 0 Å². The first-order chi connectivity index (χ1) is 9.06. The van der Waals surface area contributed by atoms with Gasteiger partial charge in [-0.15, -0.1) is 0 Å². The predicted octanol–water partition coefficient (Wildman–Crippen LogP) is 3.36. The summed E-state index contributed by atoms with van der Waals surface area (Å²) in [6, 6.07) is 6.03. The summed E-state index contributed by atoms with van der Waals surface area (Å²) in [6.07, 6.45) is 2.16. The average Bonchev–Trinajstić information content (AvgIpc) is 2.34. The molecule has 0 aliphatic rings. The molecule has 0 bridgehead atoms. The maximum atomic E-state index is 12.0. The molecule has 0 heterocycles. The number of benzene rings is 1. The van der Waals surface area contributed by atoms with Crippen LogP contribution >= 0.6 is 0 Å². The zero-order chi connectivity index (χ0) is 14.3. The molecule has 0 aromatic heterocycles. The van der Waals surface area contributed by atoms with Crippen LogP contribution in [0, 0.1) is 13.8 Å². The molecule has 1 N–H and O–H groups in total. The molecule has 0 fully saturated rings. The molecule has 0 aliphatic carbocycles. The summed E-state index contributed by atoms with van der Waals surface area (Å²) in [7, 11) is 0. The minimum Gasteiger partial charge on any atom is -0.325 e. The maximum absolute atomic E-state index is 12.0. The second kappa shape index (κ2) is 7.95. The van der Waals surface area contributed by atoms with Crippen LogP contribution in [0.3, 0.4) is 0 Å². The Morgan fingerprint density at radius 2 is 1.74 bits per heavy atom. The molecule has 1 rings (SSSR count). The number of carbonyl (C=O) groups is 1. The molecule has 0 aliphatic heterocycles. The van der Waals surface area contributed by atoms with E-state index in [0.29, 0.717) is 6.54 Å². The van der Waals surface area contributed by atoms with Gasteiger partial charge >= 0.3 is 0 Å². The van der Waals surface area contributed by atoms with Gasteiger partial charge in [0.2, 0.25) is 5.91 Å². The lowest BCUT2D eigenvalue weighted by Crippen LogP contribution is -2.34. The first-order valence-corrected chi connectivity index (χ1v) is 7.16. The molecule has 1 aromatic carbocycles. The van der Waals surface area contributed by atoms with Gasteiger partial charge in [0.15, 0.2) is 0 Å². The molecular weight excluding hydrogens is 236 g/mol. The lowest BCUT2D eigenvalue weighted by atomic mass is 10.1. The second-order valence-electron chi connectivity index (χ2n) is 5.12. The Bertz CT molecular complexity index is 409. The molecule has 0 unspecified atom stereocenters. The van der Waals surface area contributed by atoms with E-state index in [2.05, 4.69) is 37.9 Å². The average molecular weight is 262 g/mol. The quantitative estimate of drug-likeness (QED) is 0.817. The van der Waals surface area contributed by atoms with E-state index in [1.54, 1.807) is 0 Å². The van der Waals surface area contributed by atoms with Gasteiger partial charge in [-0.1, -0.05) is 19.9 Å². The smallest absolute Gasteiger partial charge is 0.238 e. The zero-order valence-electron chi connectivity index (χ0n) is 12.6. The van der Waals surface area contributed by atoms with Gasteiger partial charge in [-0.2, -0.15) is 0 Å². The van der Waals surface area contributed by atoms with Crippen LogP contribution in [0.25, 0.3) is 0 Å². The number of nitrogens with one attached hydrogen (secondary N) is 1. The number of carbonyl (C=O) groups excluding carboxylic acids is 1. The van der Waals surface area contributed by atoms with Crippen LogP contribution in [0.2, 0.25) is 0 Å². The Hall–Kier alpha value is -1.35. The SMILES string of the molecule is CCCN(CCC)CC(=O)Nc1ccc(C)c(C)c1. The Balaban J connectivity index is 2.55. The van der Waals surface area contributed by atoms with Crippen LogP contribution in [-0.4, -0.2) is 30.4 Å². The fourth-order valence-electron chi connectivity index (χ4n) is 2.13. The van der Waals surface area contributed by atoms with Gasteiger partial charge in [-0.05, 0) is 63.0 Å². The maximum Gasteiger partial charge on any atom is 0.238 e. The van der Waals surface area contributed by atoms with Crippen molar-refractivity contribution < 1.29 is 4.79 Å². The van der Waals surface area contributed by atoms with E-state index < -0.39 is 0 Å². The summed E-state index contributed by atoms with van der Waals surface area (Å²) in [4.78, 5) is 14.2. The highest BCUT2D eigenvalue weighted by Crippen LogP contribution is 2.14. The van der Waals surface area contributed by atoms with Crippen molar-refractivity contribution in [3.63, 3.8) is 0 Å². The standard InChI is InChI=1S/C16H26N2O/c1-5-9-18(10-6-2)12-16(19)17-15-8-7-13(3)14(4)11-15/h7-8,11H,5-6,9-10,12H2,1-4H3,(H,17,19). The largest absolute Gasteiger partial charge is 0.325 e. The predicted molar refractivity (Wildman–Crippen MR) is 81.6 cm³/mol. The Morgan fingerprint density at radius 3 is 2.26 bits per heavy atom. The van der Waals surface area contributed by atoms with Gasteiger partial charge in [-0.25, -0.2) is 0 Å². The van der Waals surface area contributed by atoms with Crippen molar-refractivity contribution in [2.24, 2.45) is 0 Å². The highest BCUT2D eigenvalue weighted by atomic mass is 16.2. The van der Waals surface area contributed by atoms with E-state index >= 15 is 0 Å². The molecule has 1 aromatic rings. The summed E-state index contributed by atoms with van der Waals surface area (Å²) >= 11 is 0. The normalized spacial score (nSPS) is 10.8. The Kier molecular flexibility index (Phi) is 6.57. The van der Waals surface area contributed by atoms with E-state index in [-0.39, 0.29) is 5.91 Å². The van der Waals surface area contributed by atoms with Crippen LogP contribution in [-0.2, 0) is 4.79 Å². The van der Waals surface area contributed by atoms with Crippen LogP contribution in [0.15, 0.2) is 18.2 Å². The Labute approximate surface area is 117 Å². The number of hydrogen-bond acceptors (Lipinski definition) is 2. The van der Waals surface area contributed by atoms with Gasteiger partial charge in [0.1, 0.15) is 0 Å². The van der Waals surface area contributed by atoms with Gasteiger partial charge in [-0.3, -0.25) is 9.69 Å². The third kappa shape index (κ3) is 5.43. The van der Waals surface area contributed by atoms with Gasteiger partial charge < -0.3 is 5.32 Å². The number of anilines is 1. The fraction of sp³-hybridized carbons (Fsp3) is 0.562. The van der Waals surface area contributed by atoms with Crippen LogP contribution < -0.4 is 5.32 Å². The van der Waals surface area contributed by atoms with Crippen LogP contribution in [0.1, 0.15) is 37.8 Å². The topological polar surface area (TPSA) is 32.3 Å². The van der Waals surface area contributed by atoms with E-state index in [4.69, 9.17) is 0 Å². The summed E-state index contributed by atoms with van der Waals surface area (Å²) in [6.45, 7) is 10.9. The van der Waals surface area contributed by atoms with Crippen molar-refractivity contribution in [3.05, 3.63) is 29.3 Å². The van der Waals surface area contributed by atoms with Gasteiger partial charge in [0, 0.05) is 5.69 Å². The van der Waals surface area contributed by atoms with E-state index in [1.807, 2.05) is 18.2 Å². The van der Waals surface area contributed by atoms with Crippen LogP contribution in [0.5, 0.6) is 0 Å². The zero-order valence-corrected chi connectivity index (χ0v) is 12.6. The first kappa shape index (κ1) is 15.7. The molecule has 19 heavy (non-hydrogen) atoms. The van der Waals surface area contributed by atoms with E-state index in [1.165, 1.54) is 11.1 Å². The number of nitrogens with zero attached hydrogens (tertiary/aromatic N) is 1. The van der Waals surface area contributed by atoms with Gasteiger partial charge in [0.05, 0.1) is 6.54 Å². The molecule has 0 spiro atoms. The van der Waals surface area contributed by atoms with Crippen molar-refractivity contribution in [1.82, 2.24) is 4.90 Å². The third-order valence-electron chi connectivity index (χ3n) is 3.24. The third-order valence-corrected chi connectivity index (χ3v) is 3.24. The number of aryl methyl sites for hydroxylation is 2. The first-order valence-electron chi connectivity index (χ1n) is 7.16. The molecule has 1 amide bonds. The van der Waals surface area contributed by atoms with Crippen molar-refractivity contribution in [3.8, 4) is 0 Å². The lowest BCUT2D eigenvalue weighted by molar-refractivity contribution is -0.117. The van der Waals surface area contributed by atoms with Crippen molar-refractivity contribution in [2.45, 2.75) is 40.5 Å². The second-order valence-corrected chi connectivity index (χ2v) is 5.12. The minimum atomic E-state index is 0.0742. The highest BCUT2D eigenvalue weighted by Gasteiger charge is 2.09. The van der Waals surface area contributed by atoms with E-state index in [9.17, 15) is 4.79 Å². The Morgan fingerprint density at radius 1 is 1.11 bits per heavy atom. The summed E-state index contributed by atoms with van der Waals surface area (Å²) < 4.78 is 0. The molecule has 3 nitrogen and oxygen atoms in total. The summed E-state index contributed by atoms with van der Waals surface area (Å²) in [5.41, 5.74) is 3.34. The van der Waals surface area contributed by atoms with Crippen molar-refractivity contribution in [2.75, 3.05) is 25.0 Å². The molecule has 0 saturated carbocycles. The summed E-state index contributed by atoms with van der Waals surface area (Å²) in [5, 5.41) is 2.98. The highest BCUT2D eigenvalue weighted by molar-refractivity contribution is 5.92. The molecule has 0 atom stereocenters. The minimum absolute atomic E-state index is 0.0742. The van der Waals surface area contributed by atoms with Crippen LogP contribution in [0.4, 0.5) is 5.69 Å². The fourth-order valence-corrected chi connectivity index (χ4v) is 2.13. The number of amides is 1. The lowest BCUT2D eigenvalue weighted by Gasteiger charge is -2.20. The number of hydrogen-bond donors (Lipinski definition) is 1. The van der Waals surface area contributed by atoms with Crippen molar-refractivity contribution >= 4 is 11.6 Å². The molecule has 3 heteroatoms. The van der Waals surface area contributed by atoms with E-state index in [0.717, 1.165) is 31.6 Å². The monoisotopic (exact) mass is 262 g/mol. The molecule has 106 valence electrons. The molecule has 0 radical (unpaired) electrons. The molecule has 0 saturated heterocycles. The molecular formula is C16H26N2O. The van der Waals surface area contributed by atoms with Crippen molar-refractivity contribution in [1.29, 1.82) is 0 Å². The summed E-state index contributed by atoms with van der Waals surface area (Å²) in [5.74, 6) is 0.0742. The number of rotatable bonds is 7.